The Morgan fingerprint density at radius 2 is 1.86 bits per heavy atom. The van der Waals surface area contributed by atoms with Crippen LogP contribution in [-0.4, -0.2) is 20.9 Å². The van der Waals surface area contributed by atoms with Crippen molar-refractivity contribution in [3.05, 3.63) is 78.1 Å². The molecule has 0 saturated heterocycles. The zero-order valence-corrected chi connectivity index (χ0v) is 11.3. The zero-order chi connectivity index (χ0) is 14.7. The van der Waals surface area contributed by atoms with Crippen LogP contribution < -0.4 is 0 Å². The molecule has 0 unspecified atom stereocenters. The first-order valence-electron chi connectivity index (χ1n) is 6.62. The van der Waals surface area contributed by atoms with E-state index in [2.05, 4.69) is 5.10 Å². The Morgan fingerprint density at radius 1 is 1.05 bits per heavy atom. The highest BCUT2D eigenvalue weighted by Crippen LogP contribution is 2.18. The number of hydrogen-bond donors (Lipinski definition) is 1. The van der Waals surface area contributed by atoms with Crippen molar-refractivity contribution >= 4 is 5.97 Å². The van der Waals surface area contributed by atoms with Gasteiger partial charge in [0.25, 0.3) is 0 Å². The van der Waals surface area contributed by atoms with Crippen LogP contribution in [0.2, 0.25) is 0 Å². The fourth-order valence-corrected chi connectivity index (χ4v) is 2.22. The first-order chi connectivity index (χ1) is 10.2. The molecule has 0 aliphatic heterocycles. The highest BCUT2D eigenvalue weighted by Gasteiger charge is 2.05. The maximum Gasteiger partial charge on any atom is 0.335 e. The lowest BCUT2D eigenvalue weighted by Gasteiger charge is -2.03. The van der Waals surface area contributed by atoms with E-state index in [1.807, 2.05) is 53.5 Å². The SMILES string of the molecule is O=C(O)c1cccc(Cn2cc(-c3ccccc3)cn2)c1. The second-order valence-corrected chi connectivity index (χ2v) is 4.80. The molecule has 0 aliphatic carbocycles. The fourth-order valence-electron chi connectivity index (χ4n) is 2.22. The number of aromatic nitrogens is 2. The number of benzene rings is 2. The van der Waals surface area contributed by atoms with Crippen molar-refractivity contribution < 1.29 is 9.90 Å². The summed E-state index contributed by atoms with van der Waals surface area (Å²) < 4.78 is 1.81. The Morgan fingerprint density at radius 3 is 2.62 bits per heavy atom. The van der Waals surface area contributed by atoms with E-state index in [0.29, 0.717) is 12.1 Å². The quantitative estimate of drug-likeness (QED) is 0.796. The molecule has 0 atom stereocenters. The van der Waals surface area contributed by atoms with Crippen molar-refractivity contribution in [2.45, 2.75) is 6.54 Å². The minimum atomic E-state index is -0.915. The van der Waals surface area contributed by atoms with Gasteiger partial charge in [-0.3, -0.25) is 4.68 Å². The summed E-state index contributed by atoms with van der Waals surface area (Å²) in [6.07, 6.45) is 3.78. The van der Waals surface area contributed by atoms with Crippen LogP contribution in [0.3, 0.4) is 0 Å². The third kappa shape index (κ3) is 3.00. The largest absolute Gasteiger partial charge is 0.478 e. The van der Waals surface area contributed by atoms with Crippen LogP contribution in [0.25, 0.3) is 11.1 Å². The number of carboxylic acid groups (broad SMARTS) is 1. The van der Waals surface area contributed by atoms with E-state index in [9.17, 15) is 4.79 Å². The molecule has 21 heavy (non-hydrogen) atoms. The van der Waals surface area contributed by atoms with Gasteiger partial charge in [-0.25, -0.2) is 4.79 Å². The molecule has 0 fully saturated rings. The third-order valence-corrected chi connectivity index (χ3v) is 3.26. The third-order valence-electron chi connectivity index (χ3n) is 3.26. The Hall–Kier alpha value is -2.88. The van der Waals surface area contributed by atoms with Gasteiger partial charge in [-0.05, 0) is 23.3 Å². The molecule has 0 aliphatic rings. The van der Waals surface area contributed by atoms with Crippen molar-refractivity contribution in [2.75, 3.05) is 0 Å². The summed E-state index contributed by atoms with van der Waals surface area (Å²) in [4.78, 5) is 11.0. The lowest BCUT2D eigenvalue weighted by Crippen LogP contribution is -2.02. The molecule has 4 nitrogen and oxygen atoms in total. The molecule has 0 spiro atoms. The second-order valence-electron chi connectivity index (χ2n) is 4.80. The molecular weight excluding hydrogens is 264 g/mol. The Balaban J connectivity index is 1.82. The lowest BCUT2D eigenvalue weighted by atomic mass is 10.1. The Labute approximate surface area is 122 Å². The molecule has 104 valence electrons. The number of hydrogen-bond acceptors (Lipinski definition) is 2. The van der Waals surface area contributed by atoms with Gasteiger partial charge in [0.15, 0.2) is 0 Å². The van der Waals surface area contributed by atoms with Gasteiger partial charge in [-0.2, -0.15) is 5.10 Å². The number of carbonyl (C=O) groups is 1. The number of rotatable bonds is 4. The Bertz CT molecular complexity index is 763. The van der Waals surface area contributed by atoms with Gasteiger partial charge in [0.2, 0.25) is 0 Å². The van der Waals surface area contributed by atoms with Crippen molar-refractivity contribution in [2.24, 2.45) is 0 Å². The molecule has 4 heteroatoms. The van der Waals surface area contributed by atoms with Crippen LogP contribution in [0, 0.1) is 0 Å². The minimum absolute atomic E-state index is 0.294. The summed E-state index contributed by atoms with van der Waals surface area (Å²) in [6, 6.07) is 16.9. The predicted molar refractivity (Wildman–Crippen MR) is 80.2 cm³/mol. The molecule has 0 amide bonds. The van der Waals surface area contributed by atoms with Gasteiger partial charge in [-0.1, -0.05) is 42.5 Å². The minimum Gasteiger partial charge on any atom is -0.478 e. The summed E-state index contributed by atoms with van der Waals surface area (Å²) in [5.41, 5.74) is 3.37. The van der Waals surface area contributed by atoms with Gasteiger partial charge in [0, 0.05) is 11.8 Å². The van der Waals surface area contributed by atoms with Gasteiger partial charge >= 0.3 is 5.97 Å². The molecular formula is C17H14N2O2. The molecule has 0 saturated carbocycles. The van der Waals surface area contributed by atoms with Gasteiger partial charge in [0.05, 0.1) is 18.3 Å². The smallest absolute Gasteiger partial charge is 0.335 e. The topological polar surface area (TPSA) is 55.1 Å². The fraction of sp³-hybridized carbons (Fsp3) is 0.0588. The molecule has 3 aromatic rings. The maximum atomic E-state index is 11.0. The first kappa shape index (κ1) is 13.1. The van der Waals surface area contributed by atoms with Crippen LogP contribution in [0.4, 0.5) is 0 Å². The summed E-state index contributed by atoms with van der Waals surface area (Å²) in [6.45, 7) is 0.550. The van der Waals surface area contributed by atoms with Gasteiger partial charge in [0.1, 0.15) is 0 Å². The van der Waals surface area contributed by atoms with Gasteiger partial charge in [-0.15, -0.1) is 0 Å². The summed E-state index contributed by atoms with van der Waals surface area (Å²) in [7, 11) is 0. The van der Waals surface area contributed by atoms with Crippen LogP contribution in [-0.2, 0) is 6.54 Å². The van der Waals surface area contributed by atoms with Crippen LogP contribution in [0.5, 0.6) is 0 Å². The van der Waals surface area contributed by atoms with Crippen molar-refractivity contribution in [1.29, 1.82) is 0 Å². The number of aromatic carboxylic acids is 1. The standard InChI is InChI=1S/C17H14N2O2/c20-17(21)15-8-4-5-13(9-15)11-19-12-16(10-18-19)14-6-2-1-3-7-14/h1-10,12H,11H2,(H,20,21). The van der Waals surface area contributed by atoms with Crippen LogP contribution in [0.1, 0.15) is 15.9 Å². The van der Waals surface area contributed by atoms with E-state index < -0.39 is 5.97 Å². The highest BCUT2D eigenvalue weighted by molar-refractivity contribution is 5.87. The summed E-state index contributed by atoms with van der Waals surface area (Å²) in [5, 5.41) is 13.3. The first-order valence-corrected chi connectivity index (χ1v) is 6.62. The number of carboxylic acids is 1. The van der Waals surface area contributed by atoms with E-state index in [0.717, 1.165) is 16.7 Å². The molecule has 2 aromatic carbocycles. The molecule has 0 bridgehead atoms. The molecule has 1 N–H and O–H groups in total. The van der Waals surface area contributed by atoms with Crippen molar-refractivity contribution in [3.8, 4) is 11.1 Å². The monoisotopic (exact) mass is 278 g/mol. The molecule has 3 rings (SSSR count). The van der Waals surface area contributed by atoms with E-state index in [1.165, 1.54) is 0 Å². The summed E-state index contributed by atoms with van der Waals surface area (Å²) >= 11 is 0. The maximum absolute atomic E-state index is 11.0. The Kier molecular flexibility index (Phi) is 3.51. The van der Waals surface area contributed by atoms with E-state index >= 15 is 0 Å². The second kappa shape index (κ2) is 5.63. The average Bonchev–Trinajstić information content (AvgIpc) is 2.97. The normalized spacial score (nSPS) is 10.5. The van der Waals surface area contributed by atoms with E-state index in [1.54, 1.807) is 18.2 Å². The highest BCUT2D eigenvalue weighted by atomic mass is 16.4. The average molecular weight is 278 g/mol. The van der Waals surface area contributed by atoms with E-state index in [-0.39, 0.29) is 0 Å². The van der Waals surface area contributed by atoms with Crippen molar-refractivity contribution in [3.63, 3.8) is 0 Å². The molecule has 0 radical (unpaired) electrons. The van der Waals surface area contributed by atoms with Crippen LogP contribution in [0.15, 0.2) is 67.0 Å². The summed E-state index contributed by atoms with van der Waals surface area (Å²) in [5.74, 6) is -0.915. The predicted octanol–water partition coefficient (Wildman–Crippen LogP) is 3.30. The lowest BCUT2D eigenvalue weighted by molar-refractivity contribution is 0.0696. The zero-order valence-electron chi connectivity index (χ0n) is 11.3. The molecule has 1 heterocycles. The molecule has 1 aromatic heterocycles. The van der Waals surface area contributed by atoms with Crippen molar-refractivity contribution in [1.82, 2.24) is 9.78 Å². The van der Waals surface area contributed by atoms with E-state index in [4.69, 9.17) is 5.11 Å². The number of nitrogens with zero attached hydrogens (tertiary/aromatic N) is 2. The van der Waals surface area contributed by atoms with Gasteiger partial charge < -0.3 is 5.11 Å². The van der Waals surface area contributed by atoms with Crippen LogP contribution >= 0.6 is 0 Å².